The number of nitriles is 1. The molecule has 0 aliphatic heterocycles. The molecule has 1 heterocycles. The predicted molar refractivity (Wildman–Crippen MR) is 62.0 cm³/mol. The highest BCUT2D eigenvalue weighted by molar-refractivity contribution is 9.10. The van der Waals surface area contributed by atoms with Gasteiger partial charge in [-0.1, -0.05) is 6.07 Å². The molecule has 0 spiro atoms. The van der Waals surface area contributed by atoms with E-state index in [9.17, 15) is 4.39 Å². The number of hydrogen-bond donors (Lipinski definition) is 0. The molecule has 1 aromatic heterocycles. The minimum absolute atomic E-state index is 0.283. The third kappa shape index (κ3) is 2.10. The number of nitrogens with zero attached hydrogens (tertiary/aromatic N) is 2. The fourth-order valence-electron chi connectivity index (χ4n) is 1.39. The lowest BCUT2D eigenvalue weighted by molar-refractivity contribution is 0.627. The highest BCUT2D eigenvalue weighted by Gasteiger charge is 2.07. The number of aromatic nitrogens is 1. The first-order valence-electron chi connectivity index (χ1n) is 4.53. The maximum absolute atomic E-state index is 12.9. The molecule has 78 valence electrons. The molecular formula is C12H6BrFN2. The van der Waals surface area contributed by atoms with Crippen LogP contribution in [0.4, 0.5) is 4.39 Å². The second-order valence-corrected chi connectivity index (χ2v) is 3.96. The third-order valence-electron chi connectivity index (χ3n) is 2.09. The van der Waals surface area contributed by atoms with E-state index >= 15 is 0 Å². The van der Waals surface area contributed by atoms with Gasteiger partial charge in [0, 0.05) is 5.56 Å². The van der Waals surface area contributed by atoms with Gasteiger partial charge in [-0.05, 0) is 46.3 Å². The lowest BCUT2D eigenvalue weighted by atomic mass is 10.0. The van der Waals surface area contributed by atoms with Crippen molar-refractivity contribution in [3.8, 4) is 17.3 Å². The van der Waals surface area contributed by atoms with Gasteiger partial charge in [0.05, 0.1) is 17.3 Å². The number of halogens is 2. The van der Waals surface area contributed by atoms with Crippen molar-refractivity contribution in [1.82, 2.24) is 4.98 Å². The summed E-state index contributed by atoms with van der Waals surface area (Å²) in [6.07, 6.45) is 0. The summed E-state index contributed by atoms with van der Waals surface area (Å²) in [6.45, 7) is 0. The fourth-order valence-corrected chi connectivity index (χ4v) is 1.73. The molecule has 16 heavy (non-hydrogen) atoms. The Morgan fingerprint density at radius 2 is 2.06 bits per heavy atom. The molecule has 0 amide bonds. The van der Waals surface area contributed by atoms with E-state index in [1.165, 1.54) is 12.1 Å². The van der Waals surface area contributed by atoms with E-state index in [4.69, 9.17) is 5.26 Å². The molecule has 2 rings (SSSR count). The molecule has 0 aliphatic carbocycles. The molecule has 0 saturated heterocycles. The van der Waals surface area contributed by atoms with E-state index in [1.54, 1.807) is 18.2 Å². The second kappa shape index (κ2) is 4.42. The summed E-state index contributed by atoms with van der Waals surface area (Å²) in [7, 11) is 0. The highest BCUT2D eigenvalue weighted by Crippen LogP contribution is 2.23. The van der Waals surface area contributed by atoms with Crippen LogP contribution in [0.15, 0.2) is 41.0 Å². The Morgan fingerprint density at radius 3 is 2.75 bits per heavy atom. The van der Waals surface area contributed by atoms with Crippen LogP contribution in [0.5, 0.6) is 0 Å². The molecule has 0 fully saturated rings. The standard InChI is InChI=1S/C12H6BrFN2/c13-12-3-1-2-11(16-12)10-5-4-9(14)6-8(10)7-15/h1-6H. The van der Waals surface area contributed by atoms with E-state index in [-0.39, 0.29) is 5.56 Å². The molecule has 1 aromatic carbocycles. The van der Waals surface area contributed by atoms with E-state index in [0.717, 1.165) is 0 Å². The van der Waals surface area contributed by atoms with Crippen molar-refractivity contribution < 1.29 is 4.39 Å². The minimum Gasteiger partial charge on any atom is -0.241 e. The highest BCUT2D eigenvalue weighted by atomic mass is 79.9. The van der Waals surface area contributed by atoms with Crippen molar-refractivity contribution in [3.05, 3.63) is 52.4 Å². The van der Waals surface area contributed by atoms with Gasteiger partial charge >= 0.3 is 0 Å². The molecule has 4 heteroatoms. The van der Waals surface area contributed by atoms with Crippen LogP contribution in [-0.2, 0) is 0 Å². The van der Waals surface area contributed by atoms with Gasteiger partial charge in [0.15, 0.2) is 0 Å². The average Bonchev–Trinajstić information content (AvgIpc) is 2.28. The van der Waals surface area contributed by atoms with Crippen LogP contribution in [0.2, 0.25) is 0 Å². The zero-order valence-electron chi connectivity index (χ0n) is 8.11. The lowest BCUT2D eigenvalue weighted by Crippen LogP contribution is -1.89. The molecular weight excluding hydrogens is 271 g/mol. The molecule has 2 nitrogen and oxygen atoms in total. The molecule has 2 aromatic rings. The second-order valence-electron chi connectivity index (χ2n) is 3.15. The fraction of sp³-hybridized carbons (Fsp3) is 0. The van der Waals surface area contributed by atoms with Gasteiger partial charge in [0.1, 0.15) is 10.4 Å². The Kier molecular flexibility index (Phi) is 2.97. The zero-order chi connectivity index (χ0) is 11.5. The van der Waals surface area contributed by atoms with Crippen LogP contribution in [0.3, 0.4) is 0 Å². The van der Waals surface area contributed by atoms with Crippen LogP contribution < -0.4 is 0 Å². The van der Waals surface area contributed by atoms with Crippen LogP contribution >= 0.6 is 15.9 Å². The predicted octanol–water partition coefficient (Wildman–Crippen LogP) is 3.52. The van der Waals surface area contributed by atoms with Gasteiger partial charge in [-0.2, -0.15) is 5.26 Å². The summed E-state index contributed by atoms with van der Waals surface area (Å²) in [5.74, 6) is -0.421. The first kappa shape index (κ1) is 10.8. The number of rotatable bonds is 1. The Labute approximate surface area is 100 Å². The van der Waals surface area contributed by atoms with Crippen molar-refractivity contribution in [2.75, 3.05) is 0 Å². The molecule has 0 N–H and O–H groups in total. The summed E-state index contributed by atoms with van der Waals surface area (Å²) >= 11 is 3.25. The van der Waals surface area contributed by atoms with Gasteiger partial charge in [-0.25, -0.2) is 9.37 Å². The molecule has 0 aliphatic rings. The molecule has 0 unspecified atom stereocenters. The van der Waals surface area contributed by atoms with Crippen molar-refractivity contribution in [1.29, 1.82) is 5.26 Å². The smallest absolute Gasteiger partial charge is 0.124 e. The maximum Gasteiger partial charge on any atom is 0.124 e. The van der Waals surface area contributed by atoms with E-state index in [0.29, 0.717) is 15.9 Å². The first-order chi connectivity index (χ1) is 7.70. The van der Waals surface area contributed by atoms with Gasteiger partial charge in [0.2, 0.25) is 0 Å². The maximum atomic E-state index is 12.9. The van der Waals surface area contributed by atoms with Gasteiger partial charge in [-0.15, -0.1) is 0 Å². The van der Waals surface area contributed by atoms with E-state index in [1.807, 2.05) is 12.1 Å². The van der Waals surface area contributed by atoms with E-state index < -0.39 is 5.82 Å². The van der Waals surface area contributed by atoms with Gasteiger partial charge in [0.25, 0.3) is 0 Å². The number of benzene rings is 1. The minimum atomic E-state index is -0.421. The van der Waals surface area contributed by atoms with Crippen molar-refractivity contribution in [2.45, 2.75) is 0 Å². The largest absolute Gasteiger partial charge is 0.241 e. The normalized spacial score (nSPS) is 9.81. The SMILES string of the molecule is N#Cc1cc(F)ccc1-c1cccc(Br)n1. The average molecular weight is 277 g/mol. The first-order valence-corrected chi connectivity index (χ1v) is 5.32. The number of hydrogen-bond acceptors (Lipinski definition) is 2. The Balaban J connectivity index is 2.61. The summed E-state index contributed by atoms with van der Waals surface area (Å²) in [5.41, 5.74) is 1.56. The zero-order valence-corrected chi connectivity index (χ0v) is 9.70. The van der Waals surface area contributed by atoms with Crippen LogP contribution in [0.1, 0.15) is 5.56 Å². The van der Waals surface area contributed by atoms with Gasteiger partial charge < -0.3 is 0 Å². The topological polar surface area (TPSA) is 36.7 Å². The Hall–Kier alpha value is -1.73. The van der Waals surface area contributed by atoms with Crippen LogP contribution in [0.25, 0.3) is 11.3 Å². The van der Waals surface area contributed by atoms with Crippen LogP contribution in [-0.4, -0.2) is 4.98 Å². The monoisotopic (exact) mass is 276 g/mol. The molecule has 0 bridgehead atoms. The van der Waals surface area contributed by atoms with Crippen LogP contribution in [0, 0.1) is 17.1 Å². The lowest BCUT2D eigenvalue weighted by Gasteiger charge is -2.03. The summed E-state index contributed by atoms with van der Waals surface area (Å²) in [5, 5.41) is 8.92. The van der Waals surface area contributed by atoms with Crippen molar-refractivity contribution in [2.24, 2.45) is 0 Å². The number of pyridine rings is 1. The summed E-state index contributed by atoms with van der Waals surface area (Å²) in [4.78, 5) is 4.22. The molecule has 0 atom stereocenters. The van der Waals surface area contributed by atoms with Gasteiger partial charge in [-0.3, -0.25) is 0 Å². The molecule has 0 saturated carbocycles. The summed E-state index contributed by atoms with van der Waals surface area (Å²) in [6, 6.07) is 11.4. The van der Waals surface area contributed by atoms with E-state index in [2.05, 4.69) is 20.9 Å². The Morgan fingerprint density at radius 1 is 1.25 bits per heavy atom. The quantitative estimate of drug-likeness (QED) is 0.748. The van der Waals surface area contributed by atoms with Crippen molar-refractivity contribution >= 4 is 15.9 Å². The van der Waals surface area contributed by atoms with Crippen molar-refractivity contribution in [3.63, 3.8) is 0 Å². The molecule has 0 radical (unpaired) electrons. The summed E-state index contributed by atoms with van der Waals surface area (Å²) < 4.78 is 13.6. The third-order valence-corrected chi connectivity index (χ3v) is 2.53. The Bertz CT molecular complexity index is 575.